The lowest BCUT2D eigenvalue weighted by Crippen LogP contribution is -2.31. The Morgan fingerprint density at radius 2 is 1.31 bits per heavy atom. The predicted octanol–water partition coefficient (Wildman–Crippen LogP) is 12.1. The Balaban J connectivity index is 1.60. The summed E-state index contributed by atoms with van der Waals surface area (Å²) in [6.07, 6.45) is 8.72. The number of hydrogen-bond donors (Lipinski definition) is 1. The van der Waals surface area contributed by atoms with Gasteiger partial charge >= 0.3 is 17.1 Å². The highest BCUT2D eigenvalue weighted by Crippen LogP contribution is 2.45. The van der Waals surface area contributed by atoms with E-state index < -0.39 is 5.97 Å². The summed E-state index contributed by atoms with van der Waals surface area (Å²) >= 11 is 0. The first kappa shape index (κ1) is 40.2. The number of carbonyl (C=O) groups is 2. The molecule has 0 bridgehead atoms. The van der Waals surface area contributed by atoms with Crippen molar-refractivity contribution in [1.29, 1.82) is 0 Å². The van der Waals surface area contributed by atoms with Gasteiger partial charge in [0.25, 0.3) is 6.47 Å². The van der Waals surface area contributed by atoms with Gasteiger partial charge < -0.3 is 19.2 Å². The van der Waals surface area contributed by atoms with E-state index in [1.807, 2.05) is 42.5 Å². The third-order valence-corrected chi connectivity index (χ3v) is 11.1. The largest absolute Gasteiger partial charge is 0.478 e. The van der Waals surface area contributed by atoms with Crippen LogP contribution in [0.15, 0.2) is 106 Å². The van der Waals surface area contributed by atoms with Crippen LogP contribution >= 0.6 is 0 Å². The minimum absolute atomic E-state index is 0.198. The monoisotopic (exact) mass is 778 g/mol. The van der Waals surface area contributed by atoms with Gasteiger partial charge in [0.1, 0.15) is 36.1 Å². The lowest BCUT2D eigenvalue weighted by Gasteiger charge is -2.25. The standard InChI is InChI=1S/C50H53N2O6/c1-5-9-25-51(26-10-6-2)34-21-23-39-44(29-34)57-46-32-47-42(31-41(46)48(39)36-17-13-14-18-37(36)50(54)55)49(38-19-15-16-20-43(38)56-33-53)40-24-22-35(30-45(40)58-47)52(27-11-7-3)28-12-8-4/h13-24,29-33H,5-12,25-28H2,1-4H3/q+1/p+1. The molecule has 8 nitrogen and oxygen atoms in total. The van der Waals surface area contributed by atoms with Crippen molar-refractivity contribution in [2.45, 2.75) is 79.1 Å². The van der Waals surface area contributed by atoms with Crippen molar-refractivity contribution >= 4 is 62.0 Å². The Bertz CT molecular complexity index is 2660. The van der Waals surface area contributed by atoms with Crippen LogP contribution in [-0.4, -0.2) is 43.7 Å². The van der Waals surface area contributed by atoms with Gasteiger partial charge in [-0.05, 0) is 54.8 Å². The molecule has 1 N–H and O–H groups in total. The summed E-state index contributed by atoms with van der Waals surface area (Å²) in [4.78, 5) is 27.1. The van der Waals surface area contributed by atoms with Crippen molar-refractivity contribution in [3.63, 3.8) is 0 Å². The zero-order valence-corrected chi connectivity index (χ0v) is 34.2. The smallest absolute Gasteiger partial charge is 0.368 e. The highest BCUT2D eigenvalue weighted by atomic mass is 16.5. The van der Waals surface area contributed by atoms with Gasteiger partial charge in [-0.3, -0.25) is 4.79 Å². The average Bonchev–Trinajstić information content (AvgIpc) is 3.24. The number of carboxylic acid groups (broad SMARTS) is 1. The molecule has 298 valence electrons. The number of ether oxygens (including phenoxy) is 1. The molecule has 7 rings (SSSR count). The van der Waals surface area contributed by atoms with E-state index >= 15 is 0 Å². The van der Waals surface area contributed by atoms with Crippen molar-refractivity contribution in [2.75, 3.05) is 31.1 Å². The van der Waals surface area contributed by atoms with E-state index in [1.165, 1.54) is 0 Å². The molecule has 7 aromatic rings. The van der Waals surface area contributed by atoms with Crippen molar-refractivity contribution in [3.8, 4) is 28.0 Å². The van der Waals surface area contributed by atoms with Gasteiger partial charge in [0.2, 0.25) is 5.36 Å². The second kappa shape index (κ2) is 18.5. The molecule has 0 aliphatic rings. The first-order valence-corrected chi connectivity index (χ1v) is 21.0. The van der Waals surface area contributed by atoms with Crippen molar-refractivity contribution in [3.05, 3.63) is 108 Å². The third kappa shape index (κ3) is 8.19. The van der Waals surface area contributed by atoms with Crippen LogP contribution in [0.1, 0.15) is 89.4 Å². The summed E-state index contributed by atoms with van der Waals surface area (Å²) in [6, 6.07) is 31.3. The zero-order chi connectivity index (χ0) is 40.6. The van der Waals surface area contributed by atoms with Crippen LogP contribution in [0.2, 0.25) is 0 Å². The molecule has 0 radical (unpaired) electrons. The summed E-state index contributed by atoms with van der Waals surface area (Å²) in [5.74, 6) is -0.587. The SMILES string of the molecule is CCCCN(CCCC)c1ccc2c(-c3ccccc3OC=O)c3cc4c(-c5ccccc5C(=O)O)c5ccc(=[N+](CCCC)CCCC)cc5[o+]c4cc3oc2c1. The highest BCUT2D eigenvalue weighted by Gasteiger charge is 2.27. The van der Waals surface area contributed by atoms with E-state index in [2.05, 4.69) is 73.6 Å². The number of carboxylic acids is 1. The summed E-state index contributed by atoms with van der Waals surface area (Å²) in [6.45, 7) is 13.1. The first-order chi connectivity index (χ1) is 28.4. The highest BCUT2D eigenvalue weighted by molar-refractivity contribution is 6.17. The van der Waals surface area contributed by atoms with Crippen LogP contribution in [0.4, 0.5) is 5.69 Å². The maximum absolute atomic E-state index is 12.8. The van der Waals surface area contributed by atoms with E-state index in [1.54, 1.807) is 18.2 Å². The van der Waals surface area contributed by atoms with E-state index in [-0.39, 0.29) is 5.56 Å². The minimum atomic E-state index is -1.01. The van der Waals surface area contributed by atoms with Crippen LogP contribution in [0, 0.1) is 0 Å². The minimum Gasteiger partial charge on any atom is -0.478 e. The summed E-state index contributed by atoms with van der Waals surface area (Å²) in [7, 11) is 0. The fraction of sp³-hybridized carbons (Fsp3) is 0.320. The number of benzene rings is 5. The third-order valence-electron chi connectivity index (χ3n) is 11.1. The Kier molecular flexibility index (Phi) is 12.8. The Labute approximate surface area is 340 Å². The molecule has 0 atom stereocenters. The van der Waals surface area contributed by atoms with Crippen LogP contribution in [0.3, 0.4) is 0 Å². The molecule has 0 fully saturated rings. The number of carbonyl (C=O) groups excluding carboxylic acids is 1. The molecule has 2 aromatic heterocycles. The number of anilines is 1. The molecular weight excluding hydrogens is 725 g/mol. The van der Waals surface area contributed by atoms with Crippen molar-refractivity contribution in [1.82, 2.24) is 4.58 Å². The normalized spacial score (nSPS) is 11.4. The van der Waals surface area contributed by atoms with Crippen LogP contribution in [0.5, 0.6) is 5.75 Å². The van der Waals surface area contributed by atoms with Gasteiger partial charge in [-0.25, -0.2) is 13.8 Å². The van der Waals surface area contributed by atoms with Crippen LogP contribution < -0.4 is 19.6 Å². The molecule has 0 saturated carbocycles. The van der Waals surface area contributed by atoms with Gasteiger partial charge in [0.15, 0.2) is 0 Å². The molecule has 0 saturated heterocycles. The summed E-state index contributed by atoms with van der Waals surface area (Å²) in [5.41, 5.74) is 6.72. The summed E-state index contributed by atoms with van der Waals surface area (Å²) < 4.78 is 21.8. The number of aromatic carboxylic acids is 1. The average molecular weight is 779 g/mol. The molecule has 5 aromatic carbocycles. The van der Waals surface area contributed by atoms with E-state index in [0.29, 0.717) is 40.1 Å². The van der Waals surface area contributed by atoms with Crippen LogP contribution in [-0.2, 0) is 4.79 Å². The van der Waals surface area contributed by atoms with Gasteiger partial charge in [-0.15, -0.1) is 0 Å². The second-order valence-electron chi connectivity index (χ2n) is 15.1. The van der Waals surface area contributed by atoms with E-state index in [9.17, 15) is 14.7 Å². The molecule has 2 heterocycles. The van der Waals surface area contributed by atoms with Gasteiger partial charge in [-0.1, -0.05) is 89.8 Å². The topological polar surface area (TPSA) is 94.3 Å². The predicted molar refractivity (Wildman–Crippen MR) is 237 cm³/mol. The molecular formula is C50H54N2O6+2. The quantitative estimate of drug-likeness (QED) is 0.0401. The molecule has 8 heteroatoms. The number of rotatable bonds is 18. The first-order valence-electron chi connectivity index (χ1n) is 21.0. The van der Waals surface area contributed by atoms with Gasteiger partial charge in [0, 0.05) is 71.2 Å². The Morgan fingerprint density at radius 1 is 0.690 bits per heavy atom. The Hall–Kier alpha value is -6.02. The maximum Gasteiger partial charge on any atom is 0.368 e. The fourth-order valence-electron chi connectivity index (χ4n) is 8.08. The molecule has 0 spiro atoms. The zero-order valence-electron chi connectivity index (χ0n) is 34.2. The summed E-state index contributed by atoms with van der Waals surface area (Å²) in [5, 5.41) is 14.7. The molecule has 0 unspecified atom stereocenters. The molecule has 0 aliphatic carbocycles. The lowest BCUT2D eigenvalue weighted by atomic mass is 9.91. The van der Waals surface area contributed by atoms with E-state index in [4.69, 9.17) is 13.6 Å². The molecule has 0 amide bonds. The number of unbranched alkanes of at least 4 members (excludes halogenated alkanes) is 4. The van der Waals surface area contributed by atoms with Crippen LogP contribution in [0.25, 0.3) is 66.1 Å². The van der Waals surface area contributed by atoms with E-state index in [0.717, 1.165) is 127 Å². The molecule has 58 heavy (non-hydrogen) atoms. The van der Waals surface area contributed by atoms with Gasteiger partial charge in [0.05, 0.1) is 22.4 Å². The number of fused-ring (bicyclic) bond motifs is 4. The lowest BCUT2D eigenvalue weighted by molar-refractivity contribution is -0.120. The fourth-order valence-corrected chi connectivity index (χ4v) is 8.08. The van der Waals surface area contributed by atoms with Gasteiger partial charge in [-0.2, -0.15) is 0 Å². The number of para-hydroxylation sites is 1. The second-order valence-corrected chi connectivity index (χ2v) is 15.1. The number of hydrogen-bond acceptors (Lipinski definition) is 5. The Morgan fingerprint density at radius 3 is 2.00 bits per heavy atom. The molecule has 0 aliphatic heterocycles. The maximum atomic E-state index is 12.8. The van der Waals surface area contributed by atoms with Crippen molar-refractivity contribution < 1.29 is 28.3 Å². The number of nitrogens with zero attached hydrogens (tertiary/aromatic N) is 2. The van der Waals surface area contributed by atoms with Crippen molar-refractivity contribution in [2.24, 2.45) is 0 Å².